The van der Waals surface area contributed by atoms with Crippen LogP contribution < -0.4 is 10.9 Å². The van der Waals surface area contributed by atoms with Crippen LogP contribution in [0.15, 0.2) is 39.9 Å². The predicted octanol–water partition coefficient (Wildman–Crippen LogP) is 2.84. The van der Waals surface area contributed by atoms with E-state index in [1.165, 1.54) is 11.9 Å². The average molecular weight is 294 g/mol. The SMILES string of the molecule is CCc1ccccc1Nc1nc[nH]c(=O)c1Br. The van der Waals surface area contributed by atoms with Gasteiger partial charge in [-0.1, -0.05) is 25.1 Å². The smallest absolute Gasteiger partial charge is 0.267 e. The second-order valence-corrected chi connectivity index (χ2v) is 4.32. The zero-order valence-electron chi connectivity index (χ0n) is 9.33. The minimum Gasteiger partial charge on any atom is -0.339 e. The Morgan fingerprint density at radius 3 is 2.94 bits per heavy atom. The highest BCUT2D eigenvalue weighted by Crippen LogP contribution is 2.22. The van der Waals surface area contributed by atoms with Crippen LogP contribution in [0.5, 0.6) is 0 Å². The Bertz CT molecular complexity index is 580. The van der Waals surface area contributed by atoms with Crippen molar-refractivity contribution >= 4 is 27.4 Å². The maximum absolute atomic E-state index is 11.4. The van der Waals surface area contributed by atoms with E-state index in [-0.39, 0.29) is 5.56 Å². The van der Waals surface area contributed by atoms with E-state index in [1.807, 2.05) is 24.3 Å². The molecule has 0 atom stereocenters. The monoisotopic (exact) mass is 293 g/mol. The summed E-state index contributed by atoms with van der Waals surface area (Å²) < 4.78 is 0.408. The number of aromatic amines is 1. The number of nitrogens with one attached hydrogen (secondary N) is 2. The van der Waals surface area contributed by atoms with Gasteiger partial charge in [0.1, 0.15) is 4.47 Å². The average Bonchev–Trinajstić information content (AvgIpc) is 2.35. The normalized spacial score (nSPS) is 10.2. The quantitative estimate of drug-likeness (QED) is 0.915. The highest BCUT2D eigenvalue weighted by atomic mass is 79.9. The van der Waals surface area contributed by atoms with Gasteiger partial charge >= 0.3 is 0 Å². The Morgan fingerprint density at radius 2 is 2.18 bits per heavy atom. The lowest BCUT2D eigenvalue weighted by atomic mass is 10.1. The van der Waals surface area contributed by atoms with Crippen LogP contribution in [0.2, 0.25) is 0 Å². The summed E-state index contributed by atoms with van der Waals surface area (Å²) in [6.45, 7) is 2.08. The fraction of sp³-hybridized carbons (Fsp3) is 0.167. The molecule has 0 radical (unpaired) electrons. The van der Waals surface area contributed by atoms with Crippen LogP contribution in [0.1, 0.15) is 12.5 Å². The molecular formula is C12H12BrN3O. The first-order chi connectivity index (χ1) is 8.22. The van der Waals surface area contributed by atoms with Crippen LogP contribution >= 0.6 is 15.9 Å². The molecular weight excluding hydrogens is 282 g/mol. The van der Waals surface area contributed by atoms with Gasteiger partial charge in [0.2, 0.25) is 0 Å². The standard InChI is InChI=1S/C12H12BrN3O/c1-2-8-5-3-4-6-9(8)16-11-10(13)12(17)15-7-14-11/h3-7H,2H2,1H3,(H2,14,15,16,17). The highest BCUT2D eigenvalue weighted by Gasteiger charge is 2.07. The molecule has 0 bridgehead atoms. The first-order valence-corrected chi connectivity index (χ1v) is 6.09. The number of nitrogens with zero attached hydrogens (tertiary/aromatic N) is 1. The third-order valence-electron chi connectivity index (χ3n) is 2.45. The third-order valence-corrected chi connectivity index (χ3v) is 3.18. The van der Waals surface area contributed by atoms with E-state index < -0.39 is 0 Å². The molecule has 0 fully saturated rings. The van der Waals surface area contributed by atoms with Gasteiger partial charge in [-0.05, 0) is 34.0 Å². The summed E-state index contributed by atoms with van der Waals surface area (Å²) in [7, 11) is 0. The molecule has 0 unspecified atom stereocenters. The fourth-order valence-electron chi connectivity index (χ4n) is 1.55. The third kappa shape index (κ3) is 2.55. The molecule has 0 amide bonds. The highest BCUT2D eigenvalue weighted by molar-refractivity contribution is 9.10. The number of aryl methyl sites for hydroxylation is 1. The molecule has 2 aromatic rings. The molecule has 0 aliphatic carbocycles. The molecule has 0 saturated heterocycles. The van der Waals surface area contributed by atoms with Crippen molar-refractivity contribution in [1.82, 2.24) is 9.97 Å². The number of hydrogen-bond donors (Lipinski definition) is 2. The largest absolute Gasteiger partial charge is 0.339 e. The van der Waals surface area contributed by atoms with Crippen LogP contribution in [-0.4, -0.2) is 9.97 Å². The number of halogens is 1. The Morgan fingerprint density at radius 1 is 1.41 bits per heavy atom. The number of rotatable bonds is 3. The number of anilines is 2. The molecule has 1 aromatic carbocycles. The zero-order valence-corrected chi connectivity index (χ0v) is 10.9. The van der Waals surface area contributed by atoms with Gasteiger partial charge in [0.15, 0.2) is 5.82 Å². The van der Waals surface area contributed by atoms with E-state index in [0.29, 0.717) is 10.3 Å². The van der Waals surface area contributed by atoms with Gasteiger partial charge in [-0.3, -0.25) is 4.79 Å². The lowest BCUT2D eigenvalue weighted by molar-refractivity contribution is 1.09. The van der Waals surface area contributed by atoms with Crippen molar-refractivity contribution in [2.45, 2.75) is 13.3 Å². The predicted molar refractivity (Wildman–Crippen MR) is 71.7 cm³/mol. The van der Waals surface area contributed by atoms with Gasteiger partial charge < -0.3 is 10.3 Å². The molecule has 0 spiro atoms. The van der Waals surface area contributed by atoms with Crippen molar-refractivity contribution in [3.05, 3.63) is 51.0 Å². The van der Waals surface area contributed by atoms with Gasteiger partial charge in [0.05, 0.1) is 6.33 Å². The first-order valence-electron chi connectivity index (χ1n) is 5.30. The summed E-state index contributed by atoms with van der Waals surface area (Å²) in [5, 5.41) is 3.15. The second-order valence-electron chi connectivity index (χ2n) is 3.53. The van der Waals surface area contributed by atoms with Gasteiger partial charge in [0.25, 0.3) is 5.56 Å². The molecule has 1 heterocycles. The number of hydrogen-bond acceptors (Lipinski definition) is 3. The summed E-state index contributed by atoms with van der Waals surface area (Å²) in [4.78, 5) is 18.0. The number of para-hydroxylation sites is 1. The number of aromatic nitrogens is 2. The van der Waals surface area contributed by atoms with Crippen molar-refractivity contribution in [2.75, 3.05) is 5.32 Å². The van der Waals surface area contributed by atoms with Crippen LogP contribution in [0.25, 0.3) is 0 Å². The van der Waals surface area contributed by atoms with E-state index >= 15 is 0 Å². The van der Waals surface area contributed by atoms with Crippen LogP contribution in [0.4, 0.5) is 11.5 Å². The second kappa shape index (κ2) is 5.14. The van der Waals surface area contributed by atoms with Crippen LogP contribution in [-0.2, 0) is 6.42 Å². The van der Waals surface area contributed by atoms with Gasteiger partial charge in [0, 0.05) is 5.69 Å². The summed E-state index contributed by atoms with van der Waals surface area (Å²) in [6, 6.07) is 7.95. The Balaban J connectivity index is 2.38. The Hall–Kier alpha value is -1.62. The Labute approximate surface area is 107 Å². The Kier molecular flexibility index (Phi) is 3.58. The lowest BCUT2D eigenvalue weighted by Gasteiger charge is -2.10. The van der Waals surface area contributed by atoms with Gasteiger partial charge in [-0.15, -0.1) is 0 Å². The molecule has 5 heteroatoms. The van der Waals surface area contributed by atoms with E-state index in [1.54, 1.807) is 0 Å². The molecule has 17 heavy (non-hydrogen) atoms. The maximum atomic E-state index is 11.4. The van der Waals surface area contributed by atoms with E-state index in [9.17, 15) is 4.79 Å². The minimum atomic E-state index is -0.198. The zero-order chi connectivity index (χ0) is 12.3. The summed E-state index contributed by atoms with van der Waals surface area (Å²) in [5.74, 6) is 0.523. The maximum Gasteiger partial charge on any atom is 0.267 e. The summed E-state index contributed by atoms with van der Waals surface area (Å²) >= 11 is 3.22. The molecule has 4 nitrogen and oxygen atoms in total. The van der Waals surface area contributed by atoms with Crippen molar-refractivity contribution in [1.29, 1.82) is 0 Å². The molecule has 0 saturated carbocycles. The first kappa shape index (κ1) is 11.9. The number of benzene rings is 1. The molecule has 1 aromatic heterocycles. The lowest BCUT2D eigenvalue weighted by Crippen LogP contribution is -2.10. The van der Waals surface area contributed by atoms with Gasteiger partial charge in [-0.2, -0.15) is 0 Å². The summed E-state index contributed by atoms with van der Waals surface area (Å²) in [6.07, 6.45) is 2.30. The molecule has 2 rings (SSSR count). The van der Waals surface area contributed by atoms with E-state index in [2.05, 4.69) is 38.1 Å². The van der Waals surface area contributed by atoms with Crippen LogP contribution in [0, 0.1) is 0 Å². The molecule has 0 aliphatic rings. The molecule has 2 N–H and O–H groups in total. The van der Waals surface area contributed by atoms with Crippen LogP contribution in [0.3, 0.4) is 0 Å². The van der Waals surface area contributed by atoms with Crippen molar-refractivity contribution in [3.63, 3.8) is 0 Å². The minimum absolute atomic E-state index is 0.198. The summed E-state index contributed by atoms with van der Waals surface area (Å²) in [5.41, 5.74) is 1.95. The van der Waals surface area contributed by atoms with E-state index in [4.69, 9.17) is 0 Å². The van der Waals surface area contributed by atoms with E-state index in [0.717, 1.165) is 12.1 Å². The van der Waals surface area contributed by atoms with Crippen molar-refractivity contribution < 1.29 is 0 Å². The van der Waals surface area contributed by atoms with Gasteiger partial charge in [-0.25, -0.2) is 4.98 Å². The topological polar surface area (TPSA) is 57.8 Å². The molecule has 0 aliphatic heterocycles. The molecule has 88 valence electrons. The number of H-pyrrole nitrogens is 1. The van der Waals surface area contributed by atoms with Crippen molar-refractivity contribution in [2.24, 2.45) is 0 Å². The fourth-order valence-corrected chi connectivity index (χ4v) is 1.86. The van der Waals surface area contributed by atoms with Crippen molar-refractivity contribution in [3.8, 4) is 0 Å².